The molecule has 0 aliphatic heterocycles. The summed E-state index contributed by atoms with van der Waals surface area (Å²) in [6, 6.07) is 15.8. The van der Waals surface area contributed by atoms with Gasteiger partial charge in [-0.05, 0) is 24.6 Å². The molecule has 4 nitrogen and oxygen atoms in total. The lowest BCUT2D eigenvalue weighted by Crippen LogP contribution is -2.29. The summed E-state index contributed by atoms with van der Waals surface area (Å²) in [5.41, 5.74) is 1.85. The van der Waals surface area contributed by atoms with Crippen LogP contribution in [0.2, 0.25) is 0 Å². The molecule has 0 saturated heterocycles. The van der Waals surface area contributed by atoms with E-state index in [-0.39, 0.29) is 17.8 Å². The summed E-state index contributed by atoms with van der Waals surface area (Å²) >= 11 is 0. The highest BCUT2D eigenvalue weighted by atomic mass is 19.1. The van der Waals surface area contributed by atoms with Gasteiger partial charge in [0.1, 0.15) is 5.82 Å². The zero-order chi connectivity index (χ0) is 18.5. The van der Waals surface area contributed by atoms with Crippen LogP contribution >= 0.6 is 0 Å². The van der Waals surface area contributed by atoms with Gasteiger partial charge in [-0.3, -0.25) is 4.79 Å². The smallest absolute Gasteiger partial charge is 0.223 e. The number of aromatic nitrogens is 1. The lowest BCUT2D eigenvalue weighted by Gasteiger charge is -2.25. The minimum Gasteiger partial charge on any atom is -0.441 e. The number of carbonyl (C=O) groups excluding carboxylic acids is 1. The van der Waals surface area contributed by atoms with Gasteiger partial charge in [0.2, 0.25) is 5.91 Å². The van der Waals surface area contributed by atoms with Crippen LogP contribution < -0.4 is 0 Å². The van der Waals surface area contributed by atoms with Crippen LogP contribution in [-0.4, -0.2) is 22.8 Å². The molecule has 0 radical (unpaired) electrons. The maximum atomic E-state index is 13.0. The first-order valence-electron chi connectivity index (χ1n) is 8.56. The number of aryl methyl sites for hydroxylation is 1. The molecule has 1 heterocycles. The highest BCUT2D eigenvalue weighted by Gasteiger charge is 2.18. The summed E-state index contributed by atoms with van der Waals surface area (Å²) < 4.78 is 18.8. The second-order valence-corrected chi connectivity index (χ2v) is 6.22. The Kier molecular flexibility index (Phi) is 5.46. The van der Waals surface area contributed by atoms with E-state index in [2.05, 4.69) is 4.98 Å². The fraction of sp³-hybridized carbons (Fsp3) is 0.238. The number of hydrogen-bond acceptors (Lipinski definition) is 3. The number of nitrogens with zero attached hydrogens (tertiary/aromatic N) is 2. The maximum Gasteiger partial charge on any atom is 0.223 e. The van der Waals surface area contributed by atoms with Crippen molar-refractivity contribution in [1.29, 1.82) is 0 Å². The highest BCUT2D eigenvalue weighted by Crippen LogP contribution is 2.22. The van der Waals surface area contributed by atoms with Gasteiger partial charge >= 0.3 is 0 Å². The molecule has 5 heteroatoms. The predicted molar refractivity (Wildman–Crippen MR) is 97.8 cm³/mol. The van der Waals surface area contributed by atoms with E-state index < -0.39 is 0 Å². The van der Waals surface area contributed by atoms with Crippen molar-refractivity contribution in [2.45, 2.75) is 25.8 Å². The molecule has 26 heavy (non-hydrogen) atoms. The van der Waals surface area contributed by atoms with Gasteiger partial charge < -0.3 is 9.32 Å². The first-order chi connectivity index (χ1) is 12.5. The largest absolute Gasteiger partial charge is 0.441 e. The maximum absolute atomic E-state index is 13.0. The van der Waals surface area contributed by atoms with E-state index in [0.29, 0.717) is 24.5 Å². The summed E-state index contributed by atoms with van der Waals surface area (Å²) in [5.74, 6) is 0.940. The number of oxazole rings is 1. The predicted octanol–water partition coefficient (Wildman–Crippen LogP) is 4.63. The molecule has 0 saturated carbocycles. The standard InChI is InChI=1S/C21H21FN2O2/c1-15(16-8-10-18(22)11-9-16)24(2)21(25)13-12-20-23-14-19(26-20)17-6-4-3-5-7-17/h3-11,14-15H,12-13H2,1-2H3. The van der Waals surface area contributed by atoms with Gasteiger partial charge in [-0.25, -0.2) is 9.37 Å². The van der Waals surface area contributed by atoms with Gasteiger partial charge in [-0.15, -0.1) is 0 Å². The molecule has 3 aromatic rings. The molecule has 1 unspecified atom stereocenters. The number of hydrogen-bond donors (Lipinski definition) is 0. The Hall–Kier alpha value is -2.95. The average Bonchev–Trinajstić information content (AvgIpc) is 3.15. The minimum absolute atomic E-state index is 0.0127. The van der Waals surface area contributed by atoms with Crippen LogP contribution in [0.1, 0.15) is 30.8 Å². The lowest BCUT2D eigenvalue weighted by molar-refractivity contribution is -0.131. The summed E-state index contributed by atoms with van der Waals surface area (Å²) in [6.45, 7) is 1.92. The van der Waals surface area contributed by atoms with Crippen LogP contribution in [0, 0.1) is 5.82 Å². The zero-order valence-electron chi connectivity index (χ0n) is 14.9. The van der Waals surface area contributed by atoms with Crippen molar-refractivity contribution in [3.05, 3.63) is 78.1 Å². The molecule has 0 fully saturated rings. The van der Waals surface area contributed by atoms with Gasteiger partial charge in [-0.2, -0.15) is 0 Å². The number of carbonyl (C=O) groups is 1. The van der Waals surface area contributed by atoms with Crippen LogP contribution in [-0.2, 0) is 11.2 Å². The van der Waals surface area contributed by atoms with Crippen LogP contribution in [0.4, 0.5) is 4.39 Å². The second kappa shape index (κ2) is 7.95. The Bertz CT molecular complexity index is 859. The average molecular weight is 352 g/mol. The monoisotopic (exact) mass is 352 g/mol. The molecule has 134 valence electrons. The first-order valence-corrected chi connectivity index (χ1v) is 8.56. The van der Waals surface area contributed by atoms with Crippen LogP contribution in [0.3, 0.4) is 0 Å². The van der Waals surface area contributed by atoms with E-state index in [1.165, 1.54) is 12.1 Å². The summed E-state index contributed by atoms with van der Waals surface area (Å²) in [6.07, 6.45) is 2.42. The van der Waals surface area contributed by atoms with E-state index in [4.69, 9.17) is 4.42 Å². The number of halogens is 1. The van der Waals surface area contributed by atoms with E-state index in [1.54, 1.807) is 30.3 Å². The molecule has 0 aliphatic carbocycles. The van der Waals surface area contributed by atoms with Crippen molar-refractivity contribution in [2.75, 3.05) is 7.05 Å². The molecule has 0 spiro atoms. The van der Waals surface area contributed by atoms with Crippen molar-refractivity contribution < 1.29 is 13.6 Å². The summed E-state index contributed by atoms with van der Waals surface area (Å²) in [4.78, 5) is 18.4. The van der Waals surface area contributed by atoms with Gasteiger partial charge in [0, 0.05) is 25.5 Å². The Morgan fingerprint density at radius 2 is 1.85 bits per heavy atom. The molecule has 2 aromatic carbocycles. The van der Waals surface area contributed by atoms with Crippen LogP contribution in [0.15, 0.2) is 65.2 Å². The van der Waals surface area contributed by atoms with E-state index in [0.717, 1.165) is 11.1 Å². The Morgan fingerprint density at radius 3 is 2.54 bits per heavy atom. The Labute approximate surface area is 152 Å². The van der Waals surface area contributed by atoms with Crippen molar-refractivity contribution in [3.8, 4) is 11.3 Å². The fourth-order valence-electron chi connectivity index (χ4n) is 2.73. The van der Waals surface area contributed by atoms with Gasteiger partial charge in [-0.1, -0.05) is 42.5 Å². The molecular weight excluding hydrogens is 331 g/mol. The molecule has 1 amide bonds. The number of amides is 1. The van der Waals surface area contributed by atoms with Gasteiger partial charge in [0.05, 0.1) is 12.2 Å². The van der Waals surface area contributed by atoms with Crippen LogP contribution in [0.25, 0.3) is 11.3 Å². The van der Waals surface area contributed by atoms with Crippen molar-refractivity contribution in [2.24, 2.45) is 0 Å². The first kappa shape index (κ1) is 17.9. The van der Waals surface area contributed by atoms with Crippen molar-refractivity contribution >= 4 is 5.91 Å². The third kappa shape index (κ3) is 4.17. The topological polar surface area (TPSA) is 46.3 Å². The summed E-state index contributed by atoms with van der Waals surface area (Å²) in [5, 5.41) is 0. The van der Waals surface area contributed by atoms with E-state index >= 15 is 0 Å². The quantitative estimate of drug-likeness (QED) is 0.650. The number of rotatable bonds is 6. The molecule has 1 aromatic heterocycles. The molecule has 0 bridgehead atoms. The molecular formula is C21H21FN2O2. The summed E-state index contributed by atoms with van der Waals surface area (Å²) in [7, 11) is 1.75. The molecule has 0 aliphatic rings. The minimum atomic E-state index is -0.284. The fourth-order valence-corrected chi connectivity index (χ4v) is 2.73. The lowest BCUT2D eigenvalue weighted by atomic mass is 10.1. The highest BCUT2D eigenvalue weighted by molar-refractivity contribution is 5.76. The Balaban J connectivity index is 1.58. The normalized spacial score (nSPS) is 12.0. The van der Waals surface area contributed by atoms with Crippen molar-refractivity contribution in [1.82, 2.24) is 9.88 Å². The van der Waals surface area contributed by atoms with E-state index in [1.807, 2.05) is 37.3 Å². The molecule has 0 N–H and O–H groups in total. The zero-order valence-corrected chi connectivity index (χ0v) is 14.9. The Morgan fingerprint density at radius 1 is 1.15 bits per heavy atom. The third-order valence-corrected chi connectivity index (χ3v) is 4.49. The van der Waals surface area contributed by atoms with Gasteiger partial charge in [0.25, 0.3) is 0 Å². The third-order valence-electron chi connectivity index (χ3n) is 4.49. The van der Waals surface area contributed by atoms with Crippen LogP contribution in [0.5, 0.6) is 0 Å². The molecule has 1 atom stereocenters. The second-order valence-electron chi connectivity index (χ2n) is 6.22. The number of benzene rings is 2. The van der Waals surface area contributed by atoms with E-state index in [9.17, 15) is 9.18 Å². The SMILES string of the molecule is CC(c1ccc(F)cc1)N(C)C(=O)CCc1ncc(-c2ccccc2)o1. The van der Waals surface area contributed by atoms with Crippen molar-refractivity contribution in [3.63, 3.8) is 0 Å². The molecule has 3 rings (SSSR count). The van der Waals surface area contributed by atoms with Gasteiger partial charge in [0.15, 0.2) is 11.7 Å².